The number of hydrogen-bond acceptors (Lipinski definition) is 2. The molecule has 104 valence electrons. The summed E-state index contributed by atoms with van der Waals surface area (Å²) in [5.41, 5.74) is 1.71. The van der Waals surface area contributed by atoms with Gasteiger partial charge in [0.2, 0.25) is 0 Å². The maximum absolute atomic E-state index is 13.5. The molecule has 0 saturated carbocycles. The summed E-state index contributed by atoms with van der Waals surface area (Å²) in [5.74, 6) is 2.34. The van der Waals surface area contributed by atoms with Crippen molar-refractivity contribution in [3.63, 3.8) is 0 Å². The third-order valence-electron chi connectivity index (χ3n) is 3.22. The Balaban J connectivity index is 2.46. The molecule has 1 heterocycles. The van der Waals surface area contributed by atoms with Crippen molar-refractivity contribution in [3.05, 3.63) is 29.8 Å². The average molecular weight is 301 g/mol. The van der Waals surface area contributed by atoms with Crippen LogP contribution >= 0.6 is 23.4 Å². The smallest absolute Gasteiger partial charge is 0.125 e. The molecule has 1 aromatic heterocycles. The third kappa shape index (κ3) is 3.23. The van der Waals surface area contributed by atoms with Crippen LogP contribution in [-0.2, 0) is 6.42 Å². The lowest BCUT2D eigenvalue weighted by atomic mass is 10.2. The zero-order chi connectivity index (χ0) is 13.8. The molecule has 5 heteroatoms. The van der Waals surface area contributed by atoms with Gasteiger partial charge in [-0.3, -0.25) is 0 Å². The number of fused-ring (bicyclic) bond motifs is 1. The highest BCUT2D eigenvalue weighted by molar-refractivity contribution is 7.98. The van der Waals surface area contributed by atoms with E-state index in [1.54, 1.807) is 12.1 Å². The van der Waals surface area contributed by atoms with Gasteiger partial charge in [-0.15, -0.1) is 11.6 Å². The SMILES string of the molecule is CSCCC(C)n1c(CCCl)nc2ccc(F)cc21. The van der Waals surface area contributed by atoms with Crippen LogP contribution in [0.25, 0.3) is 11.0 Å². The van der Waals surface area contributed by atoms with Crippen molar-refractivity contribution in [2.75, 3.05) is 17.9 Å². The van der Waals surface area contributed by atoms with E-state index in [0.29, 0.717) is 18.3 Å². The van der Waals surface area contributed by atoms with Crippen LogP contribution in [0.15, 0.2) is 18.2 Å². The molecular weight excluding hydrogens is 283 g/mol. The highest BCUT2D eigenvalue weighted by Gasteiger charge is 2.15. The van der Waals surface area contributed by atoms with Crippen molar-refractivity contribution in [2.24, 2.45) is 0 Å². The highest BCUT2D eigenvalue weighted by Crippen LogP contribution is 2.25. The van der Waals surface area contributed by atoms with E-state index >= 15 is 0 Å². The van der Waals surface area contributed by atoms with Gasteiger partial charge in [0.25, 0.3) is 0 Å². The second-order valence-corrected chi connectivity index (χ2v) is 5.96. The topological polar surface area (TPSA) is 17.8 Å². The fraction of sp³-hybridized carbons (Fsp3) is 0.500. The summed E-state index contributed by atoms with van der Waals surface area (Å²) in [6.45, 7) is 2.15. The van der Waals surface area contributed by atoms with Gasteiger partial charge in [0.1, 0.15) is 11.6 Å². The summed E-state index contributed by atoms with van der Waals surface area (Å²) in [5, 5.41) is 0. The van der Waals surface area contributed by atoms with Crippen LogP contribution < -0.4 is 0 Å². The number of aryl methyl sites for hydroxylation is 1. The molecule has 1 atom stereocenters. The van der Waals surface area contributed by atoms with Crippen molar-refractivity contribution in [3.8, 4) is 0 Å². The van der Waals surface area contributed by atoms with Gasteiger partial charge in [0.05, 0.1) is 11.0 Å². The van der Waals surface area contributed by atoms with Crippen LogP contribution in [0, 0.1) is 5.82 Å². The normalized spacial score (nSPS) is 13.1. The van der Waals surface area contributed by atoms with E-state index in [1.165, 1.54) is 6.07 Å². The first-order valence-electron chi connectivity index (χ1n) is 6.38. The maximum Gasteiger partial charge on any atom is 0.125 e. The van der Waals surface area contributed by atoms with Crippen molar-refractivity contribution in [2.45, 2.75) is 25.8 Å². The van der Waals surface area contributed by atoms with E-state index in [1.807, 2.05) is 11.8 Å². The minimum absolute atomic E-state index is 0.219. The predicted molar refractivity (Wildman–Crippen MR) is 81.8 cm³/mol. The van der Waals surface area contributed by atoms with Crippen LogP contribution in [0.1, 0.15) is 25.2 Å². The van der Waals surface area contributed by atoms with Crippen LogP contribution in [0.4, 0.5) is 4.39 Å². The Hall–Kier alpha value is -0.740. The Morgan fingerprint density at radius 1 is 1.47 bits per heavy atom. The molecule has 0 saturated heterocycles. The Morgan fingerprint density at radius 3 is 2.95 bits per heavy atom. The molecule has 0 aliphatic heterocycles. The number of halogens is 2. The molecule has 0 amide bonds. The molecule has 0 fully saturated rings. The Bertz CT molecular complexity index is 556. The van der Waals surface area contributed by atoms with Gasteiger partial charge in [-0.2, -0.15) is 11.8 Å². The molecule has 2 rings (SSSR count). The zero-order valence-corrected chi connectivity index (χ0v) is 12.8. The predicted octanol–water partition coefficient (Wildman–Crippen LogP) is 4.27. The number of nitrogens with zero attached hydrogens (tertiary/aromatic N) is 2. The van der Waals surface area contributed by atoms with E-state index in [0.717, 1.165) is 29.0 Å². The number of alkyl halides is 1. The van der Waals surface area contributed by atoms with Gasteiger partial charge in [0, 0.05) is 18.3 Å². The van der Waals surface area contributed by atoms with Crippen LogP contribution in [0.3, 0.4) is 0 Å². The summed E-state index contributed by atoms with van der Waals surface area (Å²) in [7, 11) is 0. The van der Waals surface area contributed by atoms with Crippen LogP contribution in [0.2, 0.25) is 0 Å². The lowest BCUT2D eigenvalue weighted by Crippen LogP contribution is -2.11. The fourth-order valence-corrected chi connectivity index (χ4v) is 3.03. The molecule has 19 heavy (non-hydrogen) atoms. The van der Waals surface area contributed by atoms with Crippen molar-refractivity contribution in [1.82, 2.24) is 9.55 Å². The van der Waals surface area contributed by atoms with E-state index in [9.17, 15) is 4.39 Å². The number of benzene rings is 1. The Morgan fingerprint density at radius 2 is 2.26 bits per heavy atom. The van der Waals surface area contributed by atoms with Crippen LogP contribution in [0.5, 0.6) is 0 Å². The average Bonchev–Trinajstić information content (AvgIpc) is 2.73. The highest BCUT2D eigenvalue weighted by atomic mass is 35.5. The van der Waals surface area contributed by atoms with Crippen molar-refractivity contribution in [1.29, 1.82) is 0 Å². The number of thioether (sulfide) groups is 1. The van der Waals surface area contributed by atoms with E-state index < -0.39 is 0 Å². The molecule has 1 unspecified atom stereocenters. The van der Waals surface area contributed by atoms with Gasteiger partial charge < -0.3 is 4.57 Å². The second-order valence-electron chi connectivity index (χ2n) is 4.60. The van der Waals surface area contributed by atoms with E-state index in [-0.39, 0.29) is 5.82 Å². The van der Waals surface area contributed by atoms with Crippen molar-refractivity contribution < 1.29 is 4.39 Å². The number of rotatable bonds is 6. The molecule has 0 aliphatic rings. The lowest BCUT2D eigenvalue weighted by molar-refractivity contribution is 0.527. The summed E-state index contributed by atoms with van der Waals surface area (Å²) in [4.78, 5) is 4.58. The molecule has 0 N–H and O–H groups in total. The fourth-order valence-electron chi connectivity index (χ4n) is 2.29. The summed E-state index contributed by atoms with van der Waals surface area (Å²) < 4.78 is 15.6. The molecule has 0 spiro atoms. The minimum atomic E-state index is -0.219. The minimum Gasteiger partial charge on any atom is -0.325 e. The standard InChI is InChI=1S/C14H18ClFN2S/c1-10(6-8-19-2)18-13-9-11(16)3-4-12(13)17-14(18)5-7-15/h3-4,9-10H,5-8H2,1-2H3. The largest absolute Gasteiger partial charge is 0.325 e. The molecule has 1 aromatic carbocycles. The van der Waals surface area contributed by atoms with Crippen molar-refractivity contribution >= 4 is 34.4 Å². The zero-order valence-electron chi connectivity index (χ0n) is 11.2. The van der Waals surface area contributed by atoms with E-state index in [4.69, 9.17) is 11.6 Å². The lowest BCUT2D eigenvalue weighted by Gasteiger charge is -2.17. The Labute approximate surface area is 122 Å². The second kappa shape index (κ2) is 6.62. The molecule has 2 aromatic rings. The number of hydrogen-bond donors (Lipinski definition) is 0. The third-order valence-corrected chi connectivity index (χ3v) is 4.06. The number of imidazole rings is 1. The molecule has 0 bridgehead atoms. The molecular formula is C14H18ClFN2S. The van der Waals surface area contributed by atoms with Gasteiger partial charge in [-0.1, -0.05) is 0 Å². The first kappa shape index (κ1) is 14.7. The summed E-state index contributed by atoms with van der Waals surface area (Å²) in [6.07, 6.45) is 3.85. The monoisotopic (exact) mass is 300 g/mol. The molecule has 0 aliphatic carbocycles. The van der Waals surface area contributed by atoms with E-state index in [2.05, 4.69) is 22.7 Å². The first-order valence-corrected chi connectivity index (χ1v) is 8.31. The van der Waals surface area contributed by atoms with Gasteiger partial charge in [0.15, 0.2) is 0 Å². The van der Waals surface area contributed by atoms with Crippen LogP contribution in [-0.4, -0.2) is 27.4 Å². The first-order chi connectivity index (χ1) is 9.17. The van der Waals surface area contributed by atoms with Gasteiger partial charge in [-0.05, 0) is 43.6 Å². The Kier molecular flexibility index (Phi) is 5.11. The van der Waals surface area contributed by atoms with Gasteiger partial charge >= 0.3 is 0 Å². The molecule has 0 radical (unpaired) electrons. The quantitative estimate of drug-likeness (QED) is 0.741. The molecule has 2 nitrogen and oxygen atoms in total. The summed E-state index contributed by atoms with van der Waals surface area (Å²) in [6, 6.07) is 5.06. The summed E-state index contributed by atoms with van der Waals surface area (Å²) >= 11 is 7.67. The maximum atomic E-state index is 13.5. The van der Waals surface area contributed by atoms with Gasteiger partial charge in [-0.25, -0.2) is 9.37 Å². The number of aromatic nitrogens is 2.